The predicted molar refractivity (Wildman–Crippen MR) is 108 cm³/mol. The maximum absolute atomic E-state index is 12.9. The highest BCUT2D eigenvalue weighted by molar-refractivity contribution is 7.98. The molecular formula is C20H23N3O3S. The summed E-state index contributed by atoms with van der Waals surface area (Å²) in [5.41, 5.74) is 4.15. The van der Waals surface area contributed by atoms with Crippen LogP contribution in [-0.2, 0) is 31.2 Å². The van der Waals surface area contributed by atoms with Crippen LogP contribution in [0.25, 0.3) is 11.0 Å². The number of aryl methyl sites for hydroxylation is 3. The minimum atomic E-state index is -0.384. The van der Waals surface area contributed by atoms with E-state index < -0.39 is 0 Å². The molecule has 0 saturated carbocycles. The Kier molecular flexibility index (Phi) is 5.53. The molecule has 0 N–H and O–H groups in total. The van der Waals surface area contributed by atoms with E-state index in [1.807, 2.05) is 0 Å². The minimum Gasteiger partial charge on any atom is -0.380 e. The molecule has 1 aromatic carbocycles. The summed E-state index contributed by atoms with van der Waals surface area (Å²) in [6, 6.07) is 6.36. The molecule has 0 bridgehead atoms. The number of fused-ring (bicyclic) bond motifs is 1. The first kappa shape index (κ1) is 19.4. The van der Waals surface area contributed by atoms with Gasteiger partial charge in [-0.25, -0.2) is 9.78 Å². The molecule has 6 nitrogen and oxygen atoms in total. The van der Waals surface area contributed by atoms with Crippen LogP contribution in [0.3, 0.4) is 0 Å². The molecule has 142 valence electrons. The average Bonchev–Trinajstić information content (AvgIpc) is 2.65. The summed E-state index contributed by atoms with van der Waals surface area (Å²) in [6.45, 7) is 4.50. The molecule has 0 aliphatic heterocycles. The summed E-state index contributed by atoms with van der Waals surface area (Å²) in [7, 11) is 4.74. The molecular weight excluding hydrogens is 362 g/mol. The van der Waals surface area contributed by atoms with Gasteiger partial charge in [0.15, 0.2) is 0 Å². The van der Waals surface area contributed by atoms with Gasteiger partial charge >= 0.3 is 5.69 Å². The van der Waals surface area contributed by atoms with E-state index in [-0.39, 0.29) is 11.2 Å². The van der Waals surface area contributed by atoms with Gasteiger partial charge < -0.3 is 4.74 Å². The van der Waals surface area contributed by atoms with E-state index in [4.69, 9.17) is 4.74 Å². The molecule has 0 fully saturated rings. The molecule has 2 aromatic heterocycles. The number of rotatable bonds is 5. The lowest BCUT2D eigenvalue weighted by Crippen LogP contribution is -2.37. The molecule has 0 unspecified atom stereocenters. The highest BCUT2D eigenvalue weighted by atomic mass is 32.2. The number of benzene rings is 1. The first-order valence-electron chi connectivity index (χ1n) is 8.60. The van der Waals surface area contributed by atoms with Crippen molar-refractivity contribution in [1.82, 2.24) is 14.1 Å². The first-order chi connectivity index (χ1) is 12.8. The Morgan fingerprint density at radius 2 is 1.85 bits per heavy atom. The number of nitrogens with zero attached hydrogens (tertiary/aromatic N) is 3. The number of aromatic nitrogens is 3. The van der Waals surface area contributed by atoms with Crippen molar-refractivity contribution in [2.75, 3.05) is 7.11 Å². The van der Waals surface area contributed by atoms with Gasteiger partial charge in [0.2, 0.25) is 0 Å². The van der Waals surface area contributed by atoms with Crippen molar-refractivity contribution in [2.24, 2.45) is 14.1 Å². The number of hydrogen-bond donors (Lipinski definition) is 0. The minimum absolute atomic E-state index is 0.331. The number of hydrogen-bond acceptors (Lipinski definition) is 5. The Morgan fingerprint density at radius 1 is 1.11 bits per heavy atom. The van der Waals surface area contributed by atoms with E-state index in [0.29, 0.717) is 17.6 Å². The molecule has 0 saturated heterocycles. The van der Waals surface area contributed by atoms with E-state index in [1.165, 1.54) is 28.3 Å². The largest absolute Gasteiger partial charge is 0.380 e. The third kappa shape index (κ3) is 3.57. The van der Waals surface area contributed by atoms with Gasteiger partial charge in [-0.1, -0.05) is 23.8 Å². The molecule has 3 aromatic rings. The molecule has 0 amide bonds. The van der Waals surface area contributed by atoms with Gasteiger partial charge in [-0.15, -0.1) is 11.8 Å². The average molecular weight is 385 g/mol. The van der Waals surface area contributed by atoms with Crippen molar-refractivity contribution in [3.8, 4) is 0 Å². The molecule has 3 rings (SSSR count). The number of thioether (sulfide) groups is 1. The fourth-order valence-corrected chi connectivity index (χ4v) is 4.30. The van der Waals surface area contributed by atoms with Crippen molar-refractivity contribution < 1.29 is 4.74 Å². The summed E-state index contributed by atoms with van der Waals surface area (Å²) in [5, 5.41) is 0.462. The molecule has 27 heavy (non-hydrogen) atoms. The summed E-state index contributed by atoms with van der Waals surface area (Å²) in [5.74, 6) is 0.718. The van der Waals surface area contributed by atoms with Gasteiger partial charge in [-0.2, -0.15) is 0 Å². The molecule has 0 aliphatic rings. The normalized spacial score (nSPS) is 11.3. The fraction of sp³-hybridized carbons (Fsp3) is 0.350. The van der Waals surface area contributed by atoms with Gasteiger partial charge in [-0.3, -0.25) is 13.9 Å². The number of pyridine rings is 1. The standard InChI is InChI=1S/C20H23N3O3S/c1-12-6-7-13(2)14(8-12)11-27-17-15(10-26-5)9-21-18-16(17)19(24)23(4)20(25)22(18)3/h6-9H,10-11H2,1-5H3. The highest BCUT2D eigenvalue weighted by Crippen LogP contribution is 2.32. The SMILES string of the molecule is COCc1cnc2c(c1SCc1cc(C)ccc1C)c(=O)n(C)c(=O)n2C. The Labute approximate surface area is 161 Å². The van der Waals surface area contributed by atoms with Crippen molar-refractivity contribution in [3.05, 3.63) is 67.5 Å². The summed E-state index contributed by atoms with van der Waals surface area (Å²) < 4.78 is 7.85. The van der Waals surface area contributed by atoms with Crippen LogP contribution in [0, 0.1) is 13.8 Å². The monoisotopic (exact) mass is 385 g/mol. The number of methoxy groups -OCH3 is 1. The van der Waals surface area contributed by atoms with Crippen LogP contribution >= 0.6 is 11.8 Å². The summed E-state index contributed by atoms with van der Waals surface area (Å²) in [4.78, 5) is 30.3. The zero-order valence-corrected chi connectivity index (χ0v) is 17.0. The van der Waals surface area contributed by atoms with Crippen molar-refractivity contribution in [2.45, 2.75) is 31.1 Å². The van der Waals surface area contributed by atoms with Gasteiger partial charge in [0.05, 0.1) is 12.0 Å². The fourth-order valence-electron chi connectivity index (χ4n) is 3.07. The van der Waals surface area contributed by atoms with Crippen LogP contribution in [0.2, 0.25) is 0 Å². The van der Waals surface area contributed by atoms with E-state index in [0.717, 1.165) is 20.8 Å². The molecule has 0 spiro atoms. The predicted octanol–water partition coefficient (Wildman–Crippen LogP) is 2.69. The second-order valence-corrected chi connectivity index (χ2v) is 7.65. The van der Waals surface area contributed by atoms with Crippen molar-refractivity contribution in [1.29, 1.82) is 0 Å². The quantitative estimate of drug-likeness (QED) is 0.632. The van der Waals surface area contributed by atoms with Gasteiger partial charge in [0, 0.05) is 43.6 Å². The summed E-state index contributed by atoms with van der Waals surface area (Å²) >= 11 is 1.58. The van der Waals surface area contributed by atoms with Crippen LogP contribution in [0.4, 0.5) is 0 Å². The smallest absolute Gasteiger partial charge is 0.332 e. The topological polar surface area (TPSA) is 66.1 Å². The van der Waals surface area contributed by atoms with E-state index >= 15 is 0 Å². The molecule has 0 aliphatic carbocycles. The molecule has 2 heterocycles. The highest BCUT2D eigenvalue weighted by Gasteiger charge is 2.18. The molecule has 0 radical (unpaired) electrons. The third-order valence-corrected chi connectivity index (χ3v) is 5.88. The van der Waals surface area contributed by atoms with E-state index in [9.17, 15) is 9.59 Å². The van der Waals surface area contributed by atoms with Crippen molar-refractivity contribution >= 4 is 22.8 Å². The van der Waals surface area contributed by atoms with Crippen LogP contribution < -0.4 is 11.2 Å². The second kappa shape index (κ2) is 7.70. The summed E-state index contributed by atoms with van der Waals surface area (Å²) in [6.07, 6.45) is 1.69. The Balaban J connectivity index is 2.19. The third-order valence-electron chi connectivity index (χ3n) is 4.67. The zero-order chi connectivity index (χ0) is 19.7. The lowest BCUT2D eigenvalue weighted by Gasteiger charge is -2.15. The Hall–Kier alpha value is -2.38. The van der Waals surface area contributed by atoms with Crippen LogP contribution in [0.15, 0.2) is 38.9 Å². The van der Waals surface area contributed by atoms with Crippen LogP contribution in [0.5, 0.6) is 0 Å². The number of ether oxygens (including phenoxy) is 1. The van der Waals surface area contributed by atoms with E-state index in [2.05, 4.69) is 37.0 Å². The Bertz CT molecular complexity index is 1130. The second-order valence-electron chi connectivity index (χ2n) is 6.67. The van der Waals surface area contributed by atoms with Gasteiger partial charge in [0.25, 0.3) is 5.56 Å². The maximum Gasteiger partial charge on any atom is 0.332 e. The van der Waals surface area contributed by atoms with E-state index in [1.54, 1.807) is 32.1 Å². The lowest BCUT2D eigenvalue weighted by molar-refractivity contribution is 0.183. The van der Waals surface area contributed by atoms with Gasteiger partial charge in [-0.05, 0) is 25.0 Å². The zero-order valence-electron chi connectivity index (χ0n) is 16.2. The van der Waals surface area contributed by atoms with Crippen molar-refractivity contribution in [3.63, 3.8) is 0 Å². The maximum atomic E-state index is 12.9. The molecule has 7 heteroatoms. The Morgan fingerprint density at radius 3 is 2.56 bits per heavy atom. The first-order valence-corrected chi connectivity index (χ1v) is 9.59. The molecule has 0 atom stereocenters. The lowest BCUT2D eigenvalue weighted by atomic mass is 10.1. The van der Waals surface area contributed by atoms with Crippen LogP contribution in [-0.4, -0.2) is 21.2 Å². The van der Waals surface area contributed by atoms with Gasteiger partial charge in [0.1, 0.15) is 5.65 Å². The van der Waals surface area contributed by atoms with Crippen LogP contribution in [0.1, 0.15) is 22.3 Å².